The number of carbonyl (C=O) groups is 2. The van der Waals surface area contributed by atoms with Crippen LogP contribution >= 0.6 is 22.7 Å². The zero-order chi connectivity index (χ0) is 17.7. The topological polar surface area (TPSA) is 55.4 Å². The summed E-state index contributed by atoms with van der Waals surface area (Å²) in [6, 6.07) is 3.86. The van der Waals surface area contributed by atoms with Crippen LogP contribution in [-0.2, 0) is 16.0 Å². The second-order valence-electron chi connectivity index (χ2n) is 5.49. The van der Waals surface area contributed by atoms with Crippen molar-refractivity contribution in [3.63, 3.8) is 0 Å². The summed E-state index contributed by atoms with van der Waals surface area (Å²) >= 11 is 2.97. The number of hydrogen-bond donors (Lipinski definition) is 1. The third-order valence-electron chi connectivity index (χ3n) is 3.29. The van der Waals surface area contributed by atoms with Gasteiger partial charge in [-0.15, -0.1) is 22.7 Å². The van der Waals surface area contributed by atoms with E-state index in [0.29, 0.717) is 17.0 Å². The first-order chi connectivity index (χ1) is 11.4. The predicted molar refractivity (Wildman–Crippen MR) is 101 cm³/mol. The highest BCUT2D eigenvalue weighted by atomic mass is 32.1. The number of nitrogens with one attached hydrogen (secondary N) is 1. The van der Waals surface area contributed by atoms with Gasteiger partial charge in [0.05, 0.1) is 11.7 Å². The number of amides is 1. The van der Waals surface area contributed by atoms with Crippen LogP contribution < -0.4 is 5.32 Å². The minimum atomic E-state index is -0.385. The highest BCUT2D eigenvalue weighted by molar-refractivity contribution is 7.16. The van der Waals surface area contributed by atoms with Crippen LogP contribution in [0.4, 0.5) is 5.00 Å². The maximum Gasteiger partial charge on any atom is 0.341 e. The molecule has 24 heavy (non-hydrogen) atoms. The Balaban J connectivity index is 2.22. The van der Waals surface area contributed by atoms with Gasteiger partial charge in [0.15, 0.2) is 0 Å². The molecule has 0 atom stereocenters. The van der Waals surface area contributed by atoms with Crippen molar-refractivity contribution in [2.45, 2.75) is 40.2 Å². The van der Waals surface area contributed by atoms with Crippen molar-refractivity contribution in [2.75, 3.05) is 5.32 Å². The molecule has 128 valence electrons. The molecule has 4 nitrogen and oxygen atoms in total. The fourth-order valence-corrected chi connectivity index (χ4v) is 4.03. The van der Waals surface area contributed by atoms with Crippen LogP contribution in [0, 0.1) is 6.92 Å². The summed E-state index contributed by atoms with van der Waals surface area (Å²) in [5.74, 6) is -0.644. The van der Waals surface area contributed by atoms with Crippen LogP contribution in [0.5, 0.6) is 0 Å². The van der Waals surface area contributed by atoms with E-state index in [4.69, 9.17) is 4.74 Å². The van der Waals surface area contributed by atoms with Crippen molar-refractivity contribution in [2.24, 2.45) is 0 Å². The number of ether oxygens (including phenoxy) is 1. The van der Waals surface area contributed by atoms with Gasteiger partial charge in [0.2, 0.25) is 5.91 Å². The Morgan fingerprint density at radius 2 is 2.12 bits per heavy atom. The molecule has 0 bridgehead atoms. The number of thiophene rings is 2. The molecule has 0 spiro atoms. The first kappa shape index (κ1) is 18.4. The van der Waals surface area contributed by atoms with Gasteiger partial charge in [-0.2, -0.15) is 0 Å². The quantitative estimate of drug-likeness (QED) is 0.587. The molecule has 1 amide bonds. The summed E-state index contributed by atoms with van der Waals surface area (Å²) in [4.78, 5) is 26.6. The smallest absolute Gasteiger partial charge is 0.341 e. The van der Waals surface area contributed by atoms with Gasteiger partial charge in [0.1, 0.15) is 5.00 Å². The Morgan fingerprint density at radius 1 is 1.38 bits per heavy atom. The number of aryl methyl sites for hydroxylation is 1. The van der Waals surface area contributed by atoms with E-state index in [-0.39, 0.29) is 18.0 Å². The summed E-state index contributed by atoms with van der Waals surface area (Å²) in [5, 5.41) is 5.32. The molecule has 0 radical (unpaired) electrons. The largest absolute Gasteiger partial charge is 0.459 e. The lowest BCUT2D eigenvalue weighted by molar-refractivity contribution is -0.111. The van der Waals surface area contributed by atoms with Gasteiger partial charge in [-0.3, -0.25) is 4.79 Å². The highest BCUT2D eigenvalue weighted by Gasteiger charge is 2.23. The number of hydrogen-bond acceptors (Lipinski definition) is 5. The van der Waals surface area contributed by atoms with E-state index in [1.54, 1.807) is 17.4 Å². The number of esters is 1. The van der Waals surface area contributed by atoms with E-state index < -0.39 is 0 Å². The standard InChI is InChI=1S/C18H21NO3S2/c1-5-14-12(4)24-17(16(14)18(21)22-11(2)3)19-15(20)9-8-13-7-6-10-23-13/h6-11H,5H2,1-4H3,(H,19,20)/b9-8+. The van der Waals surface area contributed by atoms with Gasteiger partial charge in [-0.25, -0.2) is 4.79 Å². The van der Waals surface area contributed by atoms with Gasteiger partial charge in [-0.1, -0.05) is 13.0 Å². The first-order valence-electron chi connectivity index (χ1n) is 7.78. The Morgan fingerprint density at radius 3 is 2.71 bits per heavy atom. The molecule has 2 aromatic rings. The summed E-state index contributed by atoms with van der Waals surface area (Å²) in [6.45, 7) is 7.56. The maximum atomic E-state index is 12.4. The van der Waals surface area contributed by atoms with E-state index in [1.165, 1.54) is 17.4 Å². The summed E-state index contributed by atoms with van der Waals surface area (Å²) in [7, 11) is 0. The van der Waals surface area contributed by atoms with Crippen LogP contribution in [0.1, 0.15) is 46.4 Å². The van der Waals surface area contributed by atoms with Gasteiger partial charge >= 0.3 is 5.97 Å². The van der Waals surface area contributed by atoms with Gasteiger partial charge in [0.25, 0.3) is 0 Å². The third kappa shape index (κ3) is 4.55. The van der Waals surface area contributed by atoms with Crippen LogP contribution in [0.15, 0.2) is 23.6 Å². The highest BCUT2D eigenvalue weighted by Crippen LogP contribution is 2.34. The van der Waals surface area contributed by atoms with Crippen LogP contribution in [-0.4, -0.2) is 18.0 Å². The van der Waals surface area contributed by atoms with Crippen molar-refractivity contribution < 1.29 is 14.3 Å². The predicted octanol–water partition coefficient (Wildman–Crippen LogP) is 4.90. The molecule has 0 aliphatic carbocycles. The van der Waals surface area contributed by atoms with E-state index in [0.717, 1.165) is 15.3 Å². The van der Waals surface area contributed by atoms with Crippen molar-refractivity contribution in [1.82, 2.24) is 0 Å². The van der Waals surface area contributed by atoms with E-state index in [9.17, 15) is 9.59 Å². The molecule has 2 heterocycles. The van der Waals surface area contributed by atoms with Crippen LogP contribution in [0.2, 0.25) is 0 Å². The average Bonchev–Trinajstić information content (AvgIpc) is 3.11. The summed E-state index contributed by atoms with van der Waals surface area (Å²) in [6.07, 6.45) is 3.74. The van der Waals surface area contributed by atoms with Crippen molar-refractivity contribution in [3.05, 3.63) is 44.5 Å². The molecular formula is C18H21NO3S2. The molecule has 0 unspecified atom stereocenters. The second kappa shape index (κ2) is 8.26. The molecule has 0 aliphatic rings. The molecule has 6 heteroatoms. The molecule has 1 N–H and O–H groups in total. The van der Waals surface area contributed by atoms with E-state index >= 15 is 0 Å². The van der Waals surface area contributed by atoms with Crippen molar-refractivity contribution >= 4 is 45.6 Å². The summed E-state index contributed by atoms with van der Waals surface area (Å²) < 4.78 is 5.33. The lowest BCUT2D eigenvalue weighted by Crippen LogP contribution is -2.16. The fourth-order valence-electron chi connectivity index (χ4n) is 2.28. The number of rotatable bonds is 6. The van der Waals surface area contributed by atoms with Crippen molar-refractivity contribution in [1.29, 1.82) is 0 Å². The summed E-state index contributed by atoms with van der Waals surface area (Å²) in [5.41, 5.74) is 1.41. The number of anilines is 1. The first-order valence-corrected chi connectivity index (χ1v) is 9.47. The maximum absolute atomic E-state index is 12.4. The zero-order valence-electron chi connectivity index (χ0n) is 14.2. The second-order valence-corrected chi connectivity index (χ2v) is 7.69. The molecule has 0 aliphatic heterocycles. The Hall–Kier alpha value is -1.92. The molecule has 0 aromatic carbocycles. The molecule has 0 saturated carbocycles. The lowest BCUT2D eigenvalue weighted by Gasteiger charge is -2.10. The Kier molecular flexibility index (Phi) is 6.34. The minimum Gasteiger partial charge on any atom is -0.459 e. The molecule has 0 saturated heterocycles. The van der Waals surface area contributed by atoms with Gasteiger partial charge < -0.3 is 10.1 Å². The molecule has 2 rings (SSSR count). The molecular weight excluding hydrogens is 342 g/mol. The Labute approximate surface area is 150 Å². The Bertz CT molecular complexity index is 743. The third-order valence-corrected chi connectivity index (χ3v) is 5.19. The average molecular weight is 364 g/mol. The van der Waals surface area contributed by atoms with Gasteiger partial charge in [-0.05, 0) is 50.3 Å². The fraction of sp³-hybridized carbons (Fsp3) is 0.333. The van der Waals surface area contributed by atoms with Crippen molar-refractivity contribution in [3.8, 4) is 0 Å². The molecule has 0 fully saturated rings. The van der Waals surface area contributed by atoms with Crippen LogP contribution in [0.3, 0.4) is 0 Å². The minimum absolute atomic E-state index is 0.204. The lowest BCUT2D eigenvalue weighted by atomic mass is 10.1. The van der Waals surface area contributed by atoms with E-state index in [1.807, 2.05) is 45.2 Å². The van der Waals surface area contributed by atoms with Gasteiger partial charge in [0, 0.05) is 15.8 Å². The number of carbonyl (C=O) groups excluding carboxylic acids is 2. The van der Waals surface area contributed by atoms with E-state index in [2.05, 4.69) is 5.32 Å². The normalized spacial score (nSPS) is 11.2. The zero-order valence-corrected chi connectivity index (χ0v) is 15.8. The SMILES string of the molecule is CCc1c(C)sc(NC(=O)/C=C/c2cccs2)c1C(=O)OC(C)C. The monoisotopic (exact) mass is 363 g/mol. The molecule has 2 aromatic heterocycles. The van der Waals surface area contributed by atoms with Crippen LogP contribution in [0.25, 0.3) is 6.08 Å².